The van der Waals surface area contributed by atoms with Crippen LogP contribution in [0.2, 0.25) is 5.15 Å². The number of amides is 1. The van der Waals surface area contributed by atoms with Crippen LogP contribution in [0, 0.1) is 5.82 Å². The van der Waals surface area contributed by atoms with Crippen LogP contribution in [-0.4, -0.2) is 48.9 Å². The van der Waals surface area contributed by atoms with Gasteiger partial charge in [-0.3, -0.25) is 4.79 Å². The van der Waals surface area contributed by atoms with Crippen LogP contribution in [0.1, 0.15) is 48.9 Å². The Bertz CT molecular complexity index is 799. The molecule has 3 rings (SSSR count). The number of pyridine rings is 1. The molecule has 150 valence electrons. The first-order valence-corrected chi connectivity index (χ1v) is 11.3. The topological polar surface area (TPSA) is 114 Å². The van der Waals surface area contributed by atoms with E-state index in [1.165, 1.54) is 0 Å². The second kappa shape index (κ2) is 8.28. The van der Waals surface area contributed by atoms with Gasteiger partial charge in [0.1, 0.15) is 15.0 Å². The number of primary amides is 1. The molecule has 0 aromatic carbocycles. The van der Waals surface area contributed by atoms with Gasteiger partial charge >= 0.3 is 0 Å². The predicted molar refractivity (Wildman–Crippen MR) is 102 cm³/mol. The maximum absolute atomic E-state index is 14.1. The Hall–Kier alpha value is -1.45. The van der Waals surface area contributed by atoms with Crippen molar-refractivity contribution in [3.63, 3.8) is 0 Å². The molecule has 1 aliphatic carbocycles. The fraction of sp³-hybridized carbons (Fsp3) is 0.647. The average Bonchev–Trinajstić information content (AvgIpc) is 2.61. The van der Waals surface area contributed by atoms with Gasteiger partial charge in [0.2, 0.25) is 0 Å². The summed E-state index contributed by atoms with van der Waals surface area (Å²) in [6.07, 6.45) is 4.82. The maximum atomic E-state index is 14.1. The third kappa shape index (κ3) is 5.30. The quantitative estimate of drug-likeness (QED) is 0.629. The molecule has 2 heterocycles. The van der Waals surface area contributed by atoms with E-state index < -0.39 is 21.6 Å². The van der Waals surface area contributed by atoms with E-state index >= 15 is 0 Å². The van der Waals surface area contributed by atoms with Crippen molar-refractivity contribution in [2.75, 3.05) is 16.8 Å². The van der Waals surface area contributed by atoms with Crippen molar-refractivity contribution < 1.29 is 17.6 Å². The number of halogens is 2. The zero-order chi connectivity index (χ0) is 19.6. The fourth-order valence-electron chi connectivity index (χ4n) is 3.73. The Morgan fingerprint density at radius 1 is 1.11 bits per heavy atom. The minimum Gasteiger partial charge on any atom is -0.366 e. The largest absolute Gasteiger partial charge is 0.366 e. The molecule has 1 aromatic rings. The van der Waals surface area contributed by atoms with Gasteiger partial charge in [-0.1, -0.05) is 11.6 Å². The van der Waals surface area contributed by atoms with Crippen LogP contribution < -0.4 is 16.4 Å². The van der Waals surface area contributed by atoms with Gasteiger partial charge in [0, 0.05) is 18.1 Å². The van der Waals surface area contributed by atoms with Crippen LogP contribution in [0.5, 0.6) is 0 Å². The van der Waals surface area contributed by atoms with E-state index in [1.807, 2.05) is 0 Å². The summed E-state index contributed by atoms with van der Waals surface area (Å²) in [6, 6.07) is 1.66. The molecule has 1 saturated heterocycles. The van der Waals surface area contributed by atoms with Crippen LogP contribution in [0.4, 0.5) is 10.2 Å². The highest BCUT2D eigenvalue weighted by atomic mass is 35.5. The summed E-state index contributed by atoms with van der Waals surface area (Å²) in [5, 5.41) is 6.51. The molecule has 0 radical (unpaired) electrons. The molecule has 2 fully saturated rings. The van der Waals surface area contributed by atoms with E-state index in [-0.39, 0.29) is 40.1 Å². The van der Waals surface area contributed by atoms with Crippen LogP contribution in [0.25, 0.3) is 0 Å². The third-order valence-corrected chi connectivity index (χ3v) is 7.29. The summed E-state index contributed by atoms with van der Waals surface area (Å²) in [7, 11) is -2.85. The van der Waals surface area contributed by atoms with Crippen LogP contribution in [0.3, 0.4) is 0 Å². The van der Waals surface area contributed by atoms with Crippen LogP contribution >= 0.6 is 11.6 Å². The lowest BCUT2D eigenvalue weighted by Gasteiger charge is -2.34. The van der Waals surface area contributed by atoms with Gasteiger partial charge in [-0.05, 0) is 44.6 Å². The lowest BCUT2D eigenvalue weighted by molar-refractivity contribution is 0.0999. The molecule has 4 N–H and O–H groups in total. The van der Waals surface area contributed by atoms with E-state index in [9.17, 15) is 17.6 Å². The number of carbonyl (C=O) groups excluding carboxylic acids is 1. The molecular weight excluding hydrogens is 395 g/mol. The van der Waals surface area contributed by atoms with Gasteiger partial charge in [0.05, 0.1) is 17.1 Å². The number of aromatic nitrogens is 1. The summed E-state index contributed by atoms with van der Waals surface area (Å²) in [4.78, 5) is 15.1. The molecule has 7 nitrogen and oxygen atoms in total. The summed E-state index contributed by atoms with van der Waals surface area (Å²) in [5.74, 6) is -0.931. The number of anilines is 1. The van der Waals surface area contributed by atoms with Crippen molar-refractivity contribution in [1.29, 1.82) is 0 Å². The predicted octanol–water partition coefficient (Wildman–Crippen LogP) is 1.86. The molecule has 0 unspecified atom stereocenters. The van der Waals surface area contributed by atoms with Crippen molar-refractivity contribution >= 4 is 33.2 Å². The molecule has 10 heteroatoms. The van der Waals surface area contributed by atoms with Crippen LogP contribution in [-0.2, 0) is 9.84 Å². The smallest absolute Gasteiger partial charge is 0.251 e. The molecule has 0 bridgehead atoms. The normalized spacial score (nSPS) is 25.9. The Labute approximate surface area is 163 Å². The van der Waals surface area contributed by atoms with E-state index in [1.54, 1.807) is 0 Å². The molecule has 2 aliphatic rings. The molecule has 1 saturated carbocycles. The highest BCUT2D eigenvalue weighted by Crippen LogP contribution is 2.26. The average molecular weight is 419 g/mol. The van der Waals surface area contributed by atoms with E-state index in [0.29, 0.717) is 18.9 Å². The zero-order valence-corrected chi connectivity index (χ0v) is 16.5. The minimum absolute atomic E-state index is 0.0268. The molecular formula is C17H24ClFN4O3S. The first-order chi connectivity index (χ1) is 12.7. The second-order valence-electron chi connectivity index (χ2n) is 7.31. The van der Waals surface area contributed by atoms with E-state index in [4.69, 9.17) is 17.3 Å². The Morgan fingerprint density at radius 3 is 2.26 bits per heavy atom. The zero-order valence-electron chi connectivity index (χ0n) is 14.9. The van der Waals surface area contributed by atoms with Gasteiger partial charge in [0.25, 0.3) is 5.91 Å². The molecule has 1 aromatic heterocycles. The minimum atomic E-state index is -2.85. The number of hydrogen-bond acceptors (Lipinski definition) is 6. The lowest BCUT2D eigenvalue weighted by atomic mass is 9.90. The van der Waals surface area contributed by atoms with Crippen LogP contribution in [0.15, 0.2) is 6.07 Å². The highest BCUT2D eigenvalue weighted by Gasteiger charge is 2.28. The van der Waals surface area contributed by atoms with Crippen molar-refractivity contribution in [3.05, 3.63) is 22.6 Å². The number of nitrogens with zero attached hydrogens (tertiary/aromatic N) is 1. The second-order valence-corrected chi connectivity index (χ2v) is 9.97. The summed E-state index contributed by atoms with van der Waals surface area (Å²) >= 11 is 5.89. The van der Waals surface area contributed by atoms with Crippen molar-refractivity contribution in [2.24, 2.45) is 5.73 Å². The summed E-state index contributed by atoms with van der Waals surface area (Å²) < 4.78 is 37.2. The Balaban J connectivity index is 1.50. The van der Waals surface area contributed by atoms with Gasteiger partial charge < -0.3 is 16.4 Å². The number of rotatable bonds is 5. The number of sulfone groups is 1. The number of nitrogens with one attached hydrogen (secondary N) is 2. The maximum Gasteiger partial charge on any atom is 0.251 e. The molecule has 0 atom stereocenters. The van der Waals surface area contributed by atoms with Gasteiger partial charge in [-0.25, -0.2) is 17.8 Å². The lowest BCUT2D eigenvalue weighted by Crippen LogP contribution is -2.45. The number of nitrogens with two attached hydrogens (primary N) is 1. The number of carbonyl (C=O) groups is 1. The fourth-order valence-corrected chi connectivity index (χ4v) is 5.45. The molecule has 1 aliphatic heterocycles. The van der Waals surface area contributed by atoms with Gasteiger partial charge in [-0.15, -0.1) is 0 Å². The SMILES string of the molecule is NC(=O)c1cc(F)c(NC2CCC(NC3CCS(=O)(=O)CC3)CC2)nc1Cl. The summed E-state index contributed by atoms with van der Waals surface area (Å²) in [6.45, 7) is 0. The standard InChI is InChI=1S/C17H24ClFN4O3S/c18-15-13(16(20)24)9-14(19)17(23-15)22-11-3-1-10(2-4-11)21-12-5-7-27(25,26)8-6-12/h9-12,21H,1-8H2,(H2,20,24)(H,22,23). The Kier molecular flexibility index (Phi) is 6.22. The first kappa shape index (κ1) is 20.3. The van der Waals surface area contributed by atoms with Gasteiger partial charge in [0.15, 0.2) is 11.6 Å². The third-order valence-electron chi connectivity index (χ3n) is 5.29. The first-order valence-electron chi connectivity index (χ1n) is 9.12. The molecule has 0 spiro atoms. The molecule has 27 heavy (non-hydrogen) atoms. The van der Waals surface area contributed by atoms with E-state index in [2.05, 4.69) is 15.6 Å². The van der Waals surface area contributed by atoms with E-state index in [0.717, 1.165) is 31.7 Å². The van der Waals surface area contributed by atoms with Crippen molar-refractivity contribution in [3.8, 4) is 0 Å². The van der Waals surface area contributed by atoms with Gasteiger partial charge in [-0.2, -0.15) is 0 Å². The highest BCUT2D eigenvalue weighted by molar-refractivity contribution is 7.91. The van der Waals surface area contributed by atoms with Crippen molar-refractivity contribution in [1.82, 2.24) is 10.3 Å². The monoisotopic (exact) mass is 418 g/mol. The number of hydrogen-bond donors (Lipinski definition) is 3. The molecule has 1 amide bonds. The Morgan fingerprint density at radius 2 is 1.67 bits per heavy atom. The van der Waals surface area contributed by atoms with Crippen molar-refractivity contribution in [2.45, 2.75) is 56.7 Å². The summed E-state index contributed by atoms with van der Waals surface area (Å²) in [5.41, 5.74) is 5.00.